The molecular formula is C11H14F3N. The van der Waals surface area contributed by atoms with Crippen molar-refractivity contribution in [1.82, 2.24) is 5.32 Å². The normalized spacial score (nSPS) is 11.1. The fraction of sp³-hybridized carbons (Fsp3) is 0.455. The van der Waals surface area contributed by atoms with E-state index < -0.39 is 17.5 Å². The van der Waals surface area contributed by atoms with Gasteiger partial charge < -0.3 is 5.32 Å². The zero-order chi connectivity index (χ0) is 11.4. The van der Waals surface area contributed by atoms with Crippen molar-refractivity contribution in [3.05, 3.63) is 35.1 Å². The maximum Gasteiger partial charge on any atom is 0.194 e. The highest BCUT2D eigenvalue weighted by Gasteiger charge is 2.12. The van der Waals surface area contributed by atoms with Crippen LogP contribution >= 0.6 is 0 Å². The van der Waals surface area contributed by atoms with Gasteiger partial charge >= 0.3 is 0 Å². The van der Waals surface area contributed by atoms with Crippen molar-refractivity contribution in [3.63, 3.8) is 0 Å². The Hall–Kier alpha value is -1.03. The third kappa shape index (κ3) is 3.23. The number of nitrogens with one attached hydrogen (secondary N) is 1. The van der Waals surface area contributed by atoms with E-state index in [0.29, 0.717) is 12.5 Å². The minimum atomic E-state index is -1.40. The largest absolute Gasteiger partial charge is 0.312 e. The molecule has 0 heterocycles. The van der Waals surface area contributed by atoms with Gasteiger partial charge in [-0.2, -0.15) is 0 Å². The van der Waals surface area contributed by atoms with Crippen LogP contribution in [0, 0.1) is 23.4 Å². The topological polar surface area (TPSA) is 12.0 Å². The van der Waals surface area contributed by atoms with E-state index in [9.17, 15) is 13.2 Å². The lowest BCUT2D eigenvalue weighted by Crippen LogP contribution is -2.20. The second-order valence-corrected chi connectivity index (χ2v) is 3.86. The summed E-state index contributed by atoms with van der Waals surface area (Å²) in [6, 6.07) is 2.19. The third-order valence-electron chi connectivity index (χ3n) is 1.98. The second kappa shape index (κ2) is 5.16. The van der Waals surface area contributed by atoms with E-state index in [1.807, 2.05) is 13.8 Å². The number of hydrogen-bond donors (Lipinski definition) is 1. The van der Waals surface area contributed by atoms with E-state index in [1.165, 1.54) is 6.07 Å². The summed E-state index contributed by atoms with van der Waals surface area (Å²) in [6.07, 6.45) is 0. The first-order valence-electron chi connectivity index (χ1n) is 4.85. The van der Waals surface area contributed by atoms with E-state index in [0.717, 1.165) is 6.07 Å². The summed E-state index contributed by atoms with van der Waals surface area (Å²) in [5, 5.41) is 2.96. The Labute approximate surface area is 87.3 Å². The minimum Gasteiger partial charge on any atom is -0.312 e. The Morgan fingerprint density at radius 3 is 2.40 bits per heavy atom. The zero-order valence-corrected chi connectivity index (χ0v) is 8.78. The summed E-state index contributed by atoms with van der Waals surface area (Å²) in [7, 11) is 0. The molecule has 84 valence electrons. The van der Waals surface area contributed by atoms with Crippen LogP contribution in [-0.4, -0.2) is 6.54 Å². The van der Waals surface area contributed by atoms with Crippen molar-refractivity contribution in [2.75, 3.05) is 6.54 Å². The van der Waals surface area contributed by atoms with Gasteiger partial charge in [0.1, 0.15) is 0 Å². The molecule has 0 atom stereocenters. The summed E-state index contributed by atoms with van der Waals surface area (Å²) < 4.78 is 38.5. The molecule has 15 heavy (non-hydrogen) atoms. The highest BCUT2D eigenvalue weighted by atomic mass is 19.2. The highest BCUT2D eigenvalue weighted by Crippen LogP contribution is 2.14. The fourth-order valence-electron chi connectivity index (χ4n) is 1.20. The first-order valence-corrected chi connectivity index (χ1v) is 4.85. The van der Waals surface area contributed by atoms with Crippen molar-refractivity contribution in [3.8, 4) is 0 Å². The standard InChI is InChI=1S/C11H14F3N/c1-7(2)5-15-6-8-3-4-9(12)11(14)10(8)13/h3-4,7,15H,5-6H2,1-2H3. The molecule has 0 amide bonds. The summed E-state index contributed by atoms with van der Waals surface area (Å²) >= 11 is 0. The van der Waals surface area contributed by atoms with Crippen molar-refractivity contribution in [2.24, 2.45) is 5.92 Å². The van der Waals surface area contributed by atoms with Crippen LogP contribution in [0.2, 0.25) is 0 Å². The van der Waals surface area contributed by atoms with Gasteiger partial charge in [0, 0.05) is 12.1 Å². The summed E-state index contributed by atoms with van der Waals surface area (Å²) in [5.41, 5.74) is 0.148. The van der Waals surface area contributed by atoms with Crippen LogP contribution in [-0.2, 0) is 6.54 Å². The average Bonchev–Trinajstić information content (AvgIpc) is 2.18. The minimum absolute atomic E-state index is 0.148. The quantitative estimate of drug-likeness (QED) is 0.765. The van der Waals surface area contributed by atoms with Gasteiger partial charge in [0.25, 0.3) is 0 Å². The lowest BCUT2D eigenvalue weighted by Gasteiger charge is -2.08. The molecule has 0 aliphatic carbocycles. The molecule has 1 N–H and O–H groups in total. The molecule has 1 aromatic rings. The van der Waals surface area contributed by atoms with E-state index in [4.69, 9.17) is 0 Å². The lowest BCUT2D eigenvalue weighted by atomic mass is 10.2. The lowest BCUT2D eigenvalue weighted by molar-refractivity contribution is 0.436. The van der Waals surface area contributed by atoms with Crippen LogP contribution in [0.25, 0.3) is 0 Å². The summed E-state index contributed by atoms with van der Waals surface area (Å²) in [4.78, 5) is 0. The fourth-order valence-corrected chi connectivity index (χ4v) is 1.20. The molecule has 0 aromatic heterocycles. The molecule has 0 spiro atoms. The molecular weight excluding hydrogens is 203 g/mol. The zero-order valence-electron chi connectivity index (χ0n) is 8.78. The van der Waals surface area contributed by atoms with Crippen LogP contribution in [0.3, 0.4) is 0 Å². The molecule has 0 saturated carbocycles. The van der Waals surface area contributed by atoms with Gasteiger partial charge in [-0.1, -0.05) is 19.9 Å². The smallest absolute Gasteiger partial charge is 0.194 e. The predicted molar refractivity (Wildman–Crippen MR) is 52.9 cm³/mol. The van der Waals surface area contributed by atoms with Crippen LogP contribution in [0.4, 0.5) is 13.2 Å². The Kier molecular flexibility index (Phi) is 4.15. The highest BCUT2D eigenvalue weighted by molar-refractivity contribution is 5.20. The average molecular weight is 217 g/mol. The van der Waals surface area contributed by atoms with E-state index in [-0.39, 0.29) is 12.1 Å². The monoisotopic (exact) mass is 217 g/mol. The van der Waals surface area contributed by atoms with Gasteiger partial charge in [-0.05, 0) is 18.5 Å². The van der Waals surface area contributed by atoms with Gasteiger partial charge in [-0.3, -0.25) is 0 Å². The number of rotatable bonds is 4. The van der Waals surface area contributed by atoms with Crippen LogP contribution in [0.1, 0.15) is 19.4 Å². The summed E-state index contributed by atoms with van der Waals surface area (Å²) in [5.74, 6) is -3.23. The molecule has 1 nitrogen and oxygen atoms in total. The van der Waals surface area contributed by atoms with Crippen LogP contribution in [0.15, 0.2) is 12.1 Å². The molecule has 0 aliphatic heterocycles. The van der Waals surface area contributed by atoms with Gasteiger partial charge in [0.05, 0.1) is 0 Å². The number of benzene rings is 1. The first kappa shape index (κ1) is 12.0. The third-order valence-corrected chi connectivity index (χ3v) is 1.98. The van der Waals surface area contributed by atoms with Crippen LogP contribution < -0.4 is 5.32 Å². The molecule has 0 bridgehead atoms. The SMILES string of the molecule is CC(C)CNCc1ccc(F)c(F)c1F. The van der Waals surface area contributed by atoms with Crippen LogP contribution in [0.5, 0.6) is 0 Å². The summed E-state index contributed by atoms with van der Waals surface area (Å²) in [6.45, 7) is 4.93. The number of halogens is 3. The first-order chi connectivity index (χ1) is 7.02. The maximum atomic E-state index is 13.1. The molecule has 1 aromatic carbocycles. The van der Waals surface area contributed by atoms with E-state index >= 15 is 0 Å². The molecule has 4 heteroatoms. The Morgan fingerprint density at radius 1 is 1.13 bits per heavy atom. The van der Waals surface area contributed by atoms with Gasteiger partial charge in [0.15, 0.2) is 17.5 Å². The Balaban J connectivity index is 2.66. The van der Waals surface area contributed by atoms with E-state index in [1.54, 1.807) is 0 Å². The molecule has 1 rings (SSSR count). The van der Waals surface area contributed by atoms with Crippen molar-refractivity contribution >= 4 is 0 Å². The molecule has 0 radical (unpaired) electrons. The second-order valence-electron chi connectivity index (χ2n) is 3.86. The molecule has 0 aliphatic rings. The Bertz CT molecular complexity index is 337. The Morgan fingerprint density at radius 2 is 1.80 bits per heavy atom. The maximum absolute atomic E-state index is 13.1. The van der Waals surface area contributed by atoms with Crippen molar-refractivity contribution < 1.29 is 13.2 Å². The van der Waals surface area contributed by atoms with E-state index in [2.05, 4.69) is 5.32 Å². The molecule has 0 saturated heterocycles. The van der Waals surface area contributed by atoms with Gasteiger partial charge in [-0.25, -0.2) is 13.2 Å². The predicted octanol–water partition coefficient (Wildman–Crippen LogP) is 2.85. The molecule has 0 fully saturated rings. The molecule has 0 unspecified atom stereocenters. The number of hydrogen-bond acceptors (Lipinski definition) is 1. The van der Waals surface area contributed by atoms with Crippen molar-refractivity contribution in [1.29, 1.82) is 0 Å². The van der Waals surface area contributed by atoms with Crippen molar-refractivity contribution in [2.45, 2.75) is 20.4 Å². The van der Waals surface area contributed by atoms with Gasteiger partial charge in [-0.15, -0.1) is 0 Å². The van der Waals surface area contributed by atoms with Gasteiger partial charge in [0.2, 0.25) is 0 Å².